The number of esters is 1. The van der Waals surface area contributed by atoms with Crippen LogP contribution in [-0.4, -0.2) is 17.7 Å². The van der Waals surface area contributed by atoms with Gasteiger partial charge in [-0.25, -0.2) is 4.79 Å². The van der Waals surface area contributed by atoms with Crippen molar-refractivity contribution >= 4 is 11.7 Å². The molecule has 0 bridgehead atoms. The van der Waals surface area contributed by atoms with Crippen molar-refractivity contribution in [2.45, 2.75) is 32.8 Å². The third-order valence-corrected chi connectivity index (χ3v) is 4.12. The summed E-state index contributed by atoms with van der Waals surface area (Å²) in [6.07, 6.45) is 0. The number of hydrogen-bond acceptors (Lipinski definition) is 6. The van der Waals surface area contributed by atoms with Crippen molar-refractivity contribution in [2.24, 2.45) is 0 Å². The minimum Gasteiger partial charge on any atom is -0.457 e. The van der Waals surface area contributed by atoms with Crippen LogP contribution in [0.25, 0.3) is 0 Å². The lowest BCUT2D eigenvalue weighted by molar-refractivity contribution is -0.385. The van der Waals surface area contributed by atoms with E-state index >= 15 is 0 Å². The Hall–Kier alpha value is -3.09. The van der Waals surface area contributed by atoms with Crippen LogP contribution in [-0.2, 0) is 16.8 Å². The van der Waals surface area contributed by atoms with Gasteiger partial charge in [-0.15, -0.1) is 0 Å². The zero-order chi connectivity index (χ0) is 18.9. The SMILES string of the molecule is CC(C)(C)c1ccc(C(=O)OCc2cc3c(cc2[N+](=O)[O-])OCO3)cc1. The molecule has 0 aromatic heterocycles. The van der Waals surface area contributed by atoms with Crippen molar-refractivity contribution in [3.05, 3.63) is 63.2 Å². The van der Waals surface area contributed by atoms with Crippen LogP contribution in [0.1, 0.15) is 42.3 Å². The van der Waals surface area contributed by atoms with Gasteiger partial charge < -0.3 is 14.2 Å². The Morgan fingerprint density at radius 3 is 2.35 bits per heavy atom. The highest BCUT2D eigenvalue weighted by molar-refractivity contribution is 5.89. The lowest BCUT2D eigenvalue weighted by Crippen LogP contribution is -2.12. The zero-order valence-corrected chi connectivity index (χ0v) is 14.8. The molecule has 0 aliphatic carbocycles. The van der Waals surface area contributed by atoms with E-state index < -0.39 is 10.9 Å². The number of rotatable bonds is 4. The van der Waals surface area contributed by atoms with Crippen molar-refractivity contribution < 1.29 is 23.9 Å². The molecule has 0 saturated carbocycles. The number of benzene rings is 2. The van der Waals surface area contributed by atoms with Crippen molar-refractivity contribution in [1.29, 1.82) is 0 Å². The van der Waals surface area contributed by atoms with Crippen molar-refractivity contribution in [1.82, 2.24) is 0 Å². The molecule has 7 nitrogen and oxygen atoms in total. The van der Waals surface area contributed by atoms with E-state index in [1.54, 1.807) is 12.1 Å². The van der Waals surface area contributed by atoms with Crippen LogP contribution in [0.2, 0.25) is 0 Å². The topological polar surface area (TPSA) is 87.9 Å². The molecule has 2 aromatic rings. The number of nitro groups is 1. The summed E-state index contributed by atoms with van der Waals surface area (Å²) in [4.78, 5) is 22.9. The molecule has 7 heteroatoms. The van der Waals surface area contributed by atoms with Gasteiger partial charge in [0, 0.05) is 0 Å². The van der Waals surface area contributed by atoms with E-state index in [1.165, 1.54) is 12.1 Å². The number of nitrogens with zero attached hydrogens (tertiary/aromatic N) is 1. The first kappa shape index (κ1) is 17.7. The first-order valence-electron chi connectivity index (χ1n) is 8.10. The lowest BCUT2D eigenvalue weighted by atomic mass is 9.87. The number of carbonyl (C=O) groups is 1. The molecule has 0 atom stereocenters. The minimum atomic E-state index is -0.544. The van der Waals surface area contributed by atoms with E-state index in [9.17, 15) is 14.9 Å². The number of ether oxygens (including phenoxy) is 3. The third kappa shape index (κ3) is 3.61. The fourth-order valence-corrected chi connectivity index (χ4v) is 2.59. The molecule has 0 saturated heterocycles. The van der Waals surface area contributed by atoms with Crippen LogP contribution in [0, 0.1) is 10.1 Å². The molecule has 0 unspecified atom stereocenters. The van der Waals surface area contributed by atoms with Crippen molar-refractivity contribution in [2.75, 3.05) is 6.79 Å². The van der Waals surface area contributed by atoms with Gasteiger partial charge in [-0.2, -0.15) is 0 Å². The Labute approximate surface area is 150 Å². The van der Waals surface area contributed by atoms with Gasteiger partial charge in [-0.05, 0) is 29.2 Å². The van der Waals surface area contributed by atoms with Gasteiger partial charge in [-0.1, -0.05) is 32.9 Å². The Bertz CT molecular complexity index is 852. The predicted octanol–water partition coefficient (Wildman–Crippen LogP) is 3.98. The molecule has 3 rings (SSSR count). The molecule has 0 amide bonds. The monoisotopic (exact) mass is 357 g/mol. The Balaban J connectivity index is 1.74. The van der Waals surface area contributed by atoms with Gasteiger partial charge >= 0.3 is 5.97 Å². The molecule has 136 valence electrons. The first-order valence-corrected chi connectivity index (χ1v) is 8.10. The average Bonchev–Trinajstić information content (AvgIpc) is 3.05. The van der Waals surface area contributed by atoms with E-state index in [2.05, 4.69) is 20.8 Å². The maximum Gasteiger partial charge on any atom is 0.338 e. The Morgan fingerprint density at radius 2 is 1.77 bits per heavy atom. The molecular weight excluding hydrogens is 338 g/mol. The summed E-state index contributed by atoms with van der Waals surface area (Å²) < 4.78 is 15.6. The fraction of sp³-hybridized carbons (Fsp3) is 0.316. The smallest absolute Gasteiger partial charge is 0.338 e. The second-order valence-corrected chi connectivity index (χ2v) is 6.99. The van der Waals surface area contributed by atoms with Crippen LogP contribution < -0.4 is 9.47 Å². The standard InChI is InChI=1S/C19H19NO6/c1-19(2,3)14-6-4-12(5-7-14)18(21)24-10-13-8-16-17(26-11-25-16)9-15(13)20(22)23/h4-9H,10-11H2,1-3H3. The molecule has 1 aliphatic heterocycles. The fourth-order valence-electron chi connectivity index (χ4n) is 2.59. The summed E-state index contributed by atoms with van der Waals surface area (Å²) in [5, 5.41) is 11.2. The summed E-state index contributed by atoms with van der Waals surface area (Å²) >= 11 is 0. The Kier molecular flexibility index (Phi) is 4.54. The molecule has 26 heavy (non-hydrogen) atoms. The van der Waals surface area contributed by atoms with Gasteiger partial charge in [0.2, 0.25) is 6.79 Å². The van der Waals surface area contributed by atoms with Gasteiger partial charge in [-0.3, -0.25) is 10.1 Å². The molecule has 0 spiro atoms. The van der Waals surface area contributed by atoms with Crippen LogP contribution in [0.5, 0.6) is 11.5 Å². The summed E-state index contributed by atoms with van der Waals surface area (Å²) in [6.45, 7) is 6.03. The predicted molar refractivity (Wildman–Crippen MR) is 93.5 cm³/mol. The number of nitro benzene ring substituents is 1. The molecule has 2 aromatic carbocycles. The van der Waals surface area contributed by atoms with Gasteiger partial charge in [0.15, 0.2) is 11.5 Å². The normalized spacial score (nSPS) is 12.7. The second-order valence-electron chi connectivity index (χ2n) is 6.99. The molecule has 1 heterocycles. The van der Waals surface area contributed by atoms with E-state index in [1.807, 2.05) is 12.1 Å². The van der Waals surface area contributed by atoms with Gasteiger partial charge in [0.05, 0.1) is 22.1 Å². The maximum absolute atomic E-state index is 12.2. The summed E-state index contributed by atoms with van der Waals surface area (Å²) in [7, 11) is 0. The number of hydrogen-bond donors (Lipinski definition) is 0. The molecular formula is C19H19NO6. The molecule has 0 N–H and O–H groups in total. The van der Waals surface area contributed by atoms with Crippen LogP contribution in [0.4, 0.5) is 5.69 Å². The van der Waals surface area contributed by atoms with E-state index in [0.717, 1.165) is 5.56 Å². The van der Waals surface area contributed by atoms with E-state index in [4.69, 9.17) is 14.2 Å². The molecule has 0 radical (unpaired) electrons. The molecule has 1 aliphatic rings. The Morgan fingerprint density at radius 1 is 1.15 bits per heavy atom. The quantitative estimate of drug-likeness (QED) is 0.467. The van der Waals surface area contributed by atoms with Crippen molar-refractivity contribution in [3.8, 4) is 11.5 Å². The van der Waals surface area contributed by atoms with Crippen LogP contribution in [0.15, 0.2) is 36.4 Å². The summed E-state index contributed by atoms with van der Waals surface area (Å²) in [5.74, 6) is 0.165. The highest BCUT2D eigenvalue weighted by atomic mass is 16.7. The van der Waals surface area contributed by atoms with E-state index in [0.29, 0.717) is 17.1 Å². The summed E-state index contributed by atoms with van der Waals surface area (Å²) in [5.41, 5.74) is 1.54. The van der Waals surface area contributed by atoms with Crippen LogP contribution in [0.3, 0.4) is 0 Å². The lowest BCUT2D eigenvalue weighted by Gasteiger charge is -2.18. The number of fused-ring (bicyclic) bond motifs is 1. The summed E-state index contributed by atoms with van der Waals surface area (Å²) in [6, 6.07) is 9.88. The van der Waals surface area contributed by atoms with Gasteiger partial charge in [0.25, 0.3) is 5.69 Å². The first-order chi connectivity index (χ1) is 12.3. The highest BCUT2D eigenvalue weighted by Gasteiger charge is 2.24. The molecule has 0 fully saturated rings. The largest absolute Gasteiger partial charge is 0.457 e. The minimum absolute atomic E-state index is 0.00978. The van der Waals surface area contributed by atoms with Gasteiger partial charge in [0.1, 0.15) is 6.61 Å². The van der Waals surface area contributed by atoms with Crippen molar-refractivity contribution in [3.63, 3.8) is 0 Å². The van der Waals surface area contributed by atoms with E-state index in [-0.39, 0.29) is 30.1 Å². The van der Waals surface area contributed by atoms with Crippen LogP contribution >= 0.6 is 0 Å². The maximum atomic E-state index is 12.2. The second kappa shape index (κ2) is 6.67. The highest BCUT2D eigenvalue weighted by Crippen LogP contribution is 2.38. The third-order valence-electron chi connectivity index (χ3n) is 4.12. The zero-order valence-electron chi connectivity index (χ0n) is 14.8. The average molecular weight is 357 g/mol. The number of carbonyl (C=O) groups excluding carboxylic acids is 1.